The van der Waals surface area contributed by atoms with E-state index < -0.39 is 41.1 Å². The number of phenolic OH excluding ortho intramolecular Hbond substituents is 1. The summed E-state index contributed by atoms with van der Waals surface area (Å²) in [6.45, 7) is 1.19. The molecule has 0 amide bonds. The van der Waals surface area contributed by atoms with Gasteiger partial charge >= 0.3 is 11.9 Å². The van der Waals surface area contributed by atoms with Crippen LogP contribution in [-0.2, 0) is 30.3 Å². The Morgan fingerprint density at radius 2 is 1.60 bits per heavy atom. The number of benzene rings is 3. The summed E-state index contributed by atoms with van der Waals surface area (Å²) in [5.41, 5.74) is -3.00. The minimum atomic E-state index is -2.22. The second kappa shape index (κ2) is 9.95. The summed E-state index contributed by atoms with van der Waals surface area (Å²) in [6, 6.07) is 16.6. The molecule has 10 nitrogen and oxygen atoms in total. The molecule has 0 radical (unpaired) electrons. The molecule has 0 aromatic heterocycles. The minimum Gasteiger partial charge on any atom is -0.504 e. The number of phenols is 1. The Kier molecular flexibility index (Phi) is 6.75. The lowest BCUT2D eigenvalue weighted by Crippen LogP contribution is -2.53. The van der Waals surface area contributed by atoms with Crippen molar-refractivity contribution in [2.45, 2.75) is 30.1 Å². The van der Waals surface area contributed by atoms with Crippen LogP contribution in [0.2, 0.25) is 0 Å². The molecule has 2 N–H and O–H groups in total. The van der Waals surface area contributed by atoms with E-state index in [1.807, 2.05) is 6.07 Å². The molecule has 0 saturated heterocycles. The monoisotopic (exact) mass is 550 g/mol. The summed E-state index contributed by atoms with van der Waals surface area (Å²) in [5, 5.41) is 23.9. The van der Waals surface area contributed by atoms with Crippen molar-refractivity contribution < 1.29 is 48.2 Å². The van der Waals surface area contributed by atoms with Crippen molar-refractivity contribution in [1.82, 2.24) is 0 Å². The van der Waals surface area contributed by atoms with Gasteiger partial charge in [0, 0.05) is 30.5 Å². The van der Waals surface area contributed by atoms with Crippen molar-refractivity contribution >= 4 is 11.9 Å². The smallest absolute Gasteiger partial charge is 0.313 e. The topological polar surface area (TPSA) is 130 Å². The zero-order valence-corrected chi connectivity index (χ0v) is 22.7. The number of carbonyl (C=O) groups is 2. The zero-order valence-electron chi connectivity index (χ0n) is 22.7. The maximum Gasteiger partial charge on any atom is 0.313 e. The Morgan fingerprint density at radius 3 is 2.17 bits per heavy atom. The van der Waals surface area contributed by atoms with E-state index >= 15 is 0 Å². The zero-order chi connectivity index (χ0) is 28.8. The molecule has 10 heteroatoms. The third-order valence-corrected chi connectivity index (χ3v) is 7.78. The summed E-state index contributed by atoms with van der Waals surface area (Å²) in [4.78, 5) is 26.1. The van der Waals surface area contributed by atoms with Crippen molar-refractivity contribution in [2.24, 2.45) is 5.92 Å². The van der Waals surface area contributed by atoms with Crippen LogP contribution in [0.3, 0.4) is 0 Å². The minimum absolute atomic E-state index is 0.157. The number of aromatic hydroxyl groups is 1. The van der Waals surface area contributed by atoms with Crippen LogP contribution < -0.4 is 18.9 Å². The number of ether oxygens (including phenoxy) is 6. The van der Waals surface area contributed by atoms with Gasteiger partial charge in [0.25, 0.3) is 0 Å². The Balaban J connectivity index is 1.95. The average molecular weight is 551 g/mol. The summed E-state index contributed by atoms with van der Waals surface area (Å²) < 4.78 is 34.2. The number of hydrogen-bond donors (Lipinski definition) is 2. The van der Waals surface area contributed by atoms with E-state index in [0.717, 1.165) is 0 Å². The molecule has 2 aliphatic rings. The molecule has 0 bridgehead atoms. The van der Waals surface area contributed by atoms with Gasteiger partial charge in [0.15, 0.2) is 28.8 Å². The molecule has 5 atom stereocenters. The largest absolute Gasteiger partial charge is 0.504 e. The first-order valence-electron chi connectivity index (χ1n) is 12.5. The number of hydrogen-bond acceptors (Lipinski definition) is 10. The molecule has 0 spiro atoms. The quantitative estimate of drug-likeness (QED) is 0.422. The molecule has 3 aromatic carbocycles. The first kappa shape index (κ1) is 27.1. The van der Waals surface area contributed by atoms with Gasteiger partial charge in [0.1, 0.15) is 23.2 Å². The highest BCUT2D eigenvalue weighted by Crippen LogP contribution is 2.71. The molecule has 40 heavy (non-hydrogen) atoms. The Morgan fingerprint density at radius 1 is 0.900 bits per heavy atom. The number of fused-ring (bicyclic) bond motifs is 3. The maximum absolute atomic E-state index is 13.6. The first-order chi connectivity index (χ1) is 19.2. The van der Waals surface area contributed by atoms with Crippen LogP contribution in [-0.4, -0.2) is 56.7 Å². The Bertz CT molecular complexity index is 1450. The molecule has 1 saturated carbocycles. The molecule has 3 aromatic rings. The molecule has 210 valence electrons. The highest BCUT2D eigenvalue weighted by atomic mass is 16.6. The second-order valence-corrected chi connectivity index (χ2v) is 9.66. The average Bonchev–Trinajstić information content (AvgIpc) is 3.34. The maximum atomic E-state index is 13.6. The van der Waals surface area contributed by atoms with E-state index in [1.165, 1.54) is 47.5 Å². The van der Waals surface area contributed by atoms with Gasteiger partial charge < -0.3 is 38.6 Å². The normalized spacial score (nSPS) is 26.2. The SMILES string of the molecule is COC(=O)[C@H]1C(c2ccccc2)[C@]2(c3ccc(OC)c(O)c3)Oc3cc(OC)cc(OC)c3[C@]2(O)[C@H]1OC(C)=O. The number of aliphatic hydroxyl groups is 1. The summed E-state index contributed by atoms with van der Waals surface area (Å²) in [5.74, 6) is -2.94. The van der Waals surface area contributed by atoms with Crippen molar-refractivity contribution in [3.8, 4) is 28.7 Å². The Labute approximate surface area is 231 Å². The molecule has 1 aliphatic carbocycles. The van der Waals surface area contributed by atoms with Crippen LogP contribution in [0.1, 0.15) is 29.5 Å². The van der Waals surface area contributed by atoms with Crippen LogP contribution in [0.15, 0.2) is 60.7 Å². The predicted octanol–water partition coefficient (Wildman–Crippen LogP) is 3.41. The van der Waals surface area contributed by atoms with Gasteiger partial charge in [-0.1, -0.05) is 36.4 Å². The van der Waals surface area contributed by atoms with Crippen LogP contribution in [0, 0.1) is 5.92 Å². The van der Waals surface area contributed by atoms with Gasteiger partial charge in [-0.25, -0.2) is 0 Å². The van der Waals surface area contributed by atoms with Gasteiger partial charge in [-0.3, -0.25) is 9.59 Å². The van der Waals surface area contributed by atoms with Gasteiger partial charge in [-0.15, -0.1) is 0 Å². The lowest BCUT2D eigenvalue weighted by molar-refractivity contribution is -0.185. The van der Waals surface area contributed by atoms with Crippen molar-refractivity contribution in [3.63, 3.8) is 0 Å². The molecular formula is C30H30O10. The van der Waals surface area contributed by atoms with Crippen LogP contribution in [0.5, 0.6) is 28.7 Å². The van der Waals surface area contributed by atoms with Crippen LogP contribution in [0.25, 0.3) is 0 Å². The number of carbonyl (C=O) groups excluding carboxylic acids is 2. The summed E-state index contributed by atoms with van der Waals surface area (Å²) in [7, 11) is 5.53. The van der Waals surface area contributed by atoms with Gasteiger partial charge in [0.2, 0.25) is 0 Å². The lowest BCUT2D eigenvalue weighted by Gasteiger charge is -2.41. The number of esters is 2. The lowest BCUT2D eigenvalue weighted by atomic mass is 9.70. The summed E-state index contributed by atoms with van der Waals surface area (Å²) >= 11 is 0. The fourth-order valence-corrected chi connectivity index (χ4v) is 6.29. The van der Waals surface area contributed by atoms with Gasteiger partial charge in [-0.2, -0.15) is 0 Å². The van der Waals surface area contributed by atoms with Gasteiger partial charge in [0.05, 0.1) is 34.0 Å². The first-order valence-corrected chi connectivity index (χ1v) is 12.5. The van der Waals surface area contributed by atoms with E-state index in [0.29, 0.717) is 16.9 Å². The highest BCUT2D eigenvalue weighted by Gasteiger charge is 2.80. The van der Waals surface area contributed by atoms with Crippen molar-refractivity contribution in [2.75, 3.05) is 28.4 Å². The fourth-order valence-electron chi connectivity index (χ4n) is 6.29. The molecule has 1 heterocycles. The third kappa shape index (κ3) is 3.66. The molecular weight excluding hydrogens is 520 g/mol. The van der Waals surface area contributed by atoms with Crippen molar-refractivity contribution in [3.05, 3.63) is 77.4 Å². The Hall–Kier alpha value is -4.44. The van der Waals surface area contributed by atoms with E-state index in [-0.39, 0.29) is 28.6 Å². The third-order valence-electron chi connectivity index (χ3n) is 7.78. The van der Waals surface area contributed by atoms with Gasteiger partial charge in [-0.05, 0) is 17.7 Å². The van der Waals surface area contributed by atoms with E-state index in [2.05, 4.69) is 0 Å². The van der Waals surface area contributed by atoms with E-state index in [9.17, 15) is 19.8 Å². The molecule has 1 unspecified atom stereocenters. The molecule has 1 fully saturated rings. The number of methoxy groups -OCH3 is 4. The van der Waals surface area contributed by atoms with E-state index in [4.69, 9.17) is 28.4 Å². The fraction of sp³-hybridized carbons (Fsp3) is 0.333. The molecule has 1 aliphatic heterocycles. The summed E-state index contributed by atoms with van der Waals surface area (Å²) in [6.07, 6.45) is -1.49. The standard InChI is InChI=1S/C30H30O10/c1-16(31)39-27-24(28(33)38-5)25(17-9-7-6-8-10-17)30(18-11-12-21(36-3)20(32)13-18)29(27,34)26-22(37-4)14-19(35-2)15-23(26)40-30/h6-15,24-25,27,32,34H,1-5H3/t24-,25?,27-,29-,30-/m0/s1. The van der Waals surface area contributed by atoms with Crippen LogP contribution in [0.4, 0.5) is 0 Å². The van der Waals surface area contributed by atoms with Crippen LogP contribution >= 0.6 is 0 Å². The predicted molar refractivity (Wildman–Crippen MR) is 141 cm³/mol. The van der Waals surface area contributed by atoms with Crippen molar-refractivity contribution in [1.29, 1.82) is 0 Å². The highest BCUT2D eigenvalue weighted by molar-refractivity contribution is 5.79. The second-order valence-electron chi connectivity index (χ2n) is 9.66. The molecule has 5 rings (SSSR count). The van der Waals surface area contributed by atoms with E-state index in [1.54, 1.807) is 42.5 Å². The number of rotatable bonds is 7.